The van der Waals surface area contributed by atoms with Gasteiger partial charge in [0.05, 0.1) is 15.2 Å². The first-order valence-electron chi connectivity index (χ1n) is 9.16. The Kier molecular flexibility index (Phi) is 4.81. The van der Waals surface area contributed by atoms with Crippen molar-refractivity contribution in [3.05, 3.63) is 29.3 Å². The monoisotopic (exact) mass is 343 g/mol. The van der Waals surface area contributed by atoms with E-state index < -0.39 is 0 Å². The summed E-state index contributed by atoms with van der Waals surface area (Å²) in [5, 5.41) is 1.15. The maximum atomic E-state index is 12.5. The van der Waals surface area contributed by atoms with E-state index in [4.69, 9.17) is 0 Å². The second kappa shape index (κ2) is 7.19. The molecular weight excluding hydrogens is 318 g/mol. The normalized spacial score (nSPS) is 21.8. The standard InChI is InChI=1S/C19H25N3OS/c23-19(22-13-12-21-11-4-3-6-15(21)14-22)10-5-9-18-20-16-7-1-2-8-17(16)24-18/h1-2,7-8,15H,3-6,9-14H2/t15-/m0/s1. The van der Waals surface area contributed by atoms with Gasteiger partial charge < -0.3 is 4.90 Å². The van der Waals surface area contributed by atoms with Crippen molar-refractivity contribution in [3.8, 4) is 0 Å². The summed E-state index contributed by atoms with van der Waals surface area (Å²) in [5.74, 6) is 0.335. The van der Waals surface area contributed by atoms with Crippen LogP contribution in [-0.4, -0.2) is 52.9 Å². The number of para-hydroxylation sites is 1. The molecule has 0 N–H and O–H groups in total. The number of carbonyl (C=O) groups excluding carboxylic acids is 1. The first-order valence-corrected chi connectivity index (χ1v) is 9.97. The molecule has 5 heteroatoms. The number of amides is 1. The Hall–Kier alpha value is -1.46. The van der Waals surface area contributed by atoms with Crippen molar-refractivity contribution in [2.75, 3.05) is 26.2 Å². The number of aromatic nitrogens is 1. The minimum absolute atomic E-state index is 0.335. The van der Waals surface area contributed by atoms with Gasteiger partial charge in [0.15, 0.2) is 0 Å². The van der Waals surface area contributed by atoms with Crippen molar-refractivity contribution >= 4 is 27.5 Å². The summed E-state index contributed by atoms with van der Waals surface area (Å²) < 4.78 is 1.24. The summed E-state index contributed by atoms with van der Waals surface area (Å²) in [4.78, 5) is 21.9. The van der Waals surface area contributed by atoms with Crippen LogP contribution < -0.4 is 0 Å². The second-order valence-corrected chi connectivity index (χ2v) is 8.07. The fourth-order valence-corrected chi connectivity index (χ4v) is 4.97. The topological polar surface area (TPSA) is 36.4 Å². The molecule has 0 radical (unpaired) electrons. The molecule has 24 heavy (non-hydrogen) atoms. The van der Waals surface area contributed by atoms with E-state index in [-0.39, 0.29) is 0 Å². The van der Waals surface area contributed by atoms with Gasteiger partial charge in [-0.3, -0.25) is 9.69 Å². The number of rotatable bonds is 4. The molecular formula is C19H25N3OS. The molecule has 3 heterocycles. The maximum absolute atomic E-state index is 12.5. The fourth-order valence-electron chi connectivity index (χ4n) is 3.96. The summed E-state index contributed by atoms with van der Waals surface area (Å²) in [6.07, 6.45) is 6.38. The first kappa shape index (κ1) is 16.0. The smallest absolute Gasteiger partial charge is 0.222 e. The van der Waals surface area contributed by atoms with Crippen LogP contribution in [0.5, 0.6) is 0 Å². The number of hydrogen-bond acceptors (Lipinski definition) is 4. The fraction of sp³-hybridized carbons (Fsp3) is 0.579. The minimum atomic E-state index is 0.335. The molecule has 2 aromatic rings. The molecule has 2 saturated heterocycles. The van der Waals surface area contributed by atoms with E-state index in [1.807, 2.05) is 6.07 Å². The molecule has 0 saturated carbocycles. The molecule has 2 aliphatic heterocycles. The number of carbonyl (C=O) groups is 1. The van der Waals surface area contributed by atoms with Crippen molar-refractivity contribution in [1.29, 1.82) is 0 Å². The van der Waals surface area contributed by atoms with Crippen LogP contribution in [0.25, 0.3) is 10.2 Å². The van der Waals surface area contributed by atoms with Gasteiger partial charge in [-0.15, -0.1) is 11.3 Å². The zero-order chi connectivity index (χ0) is 16.4. The third kappa shape index (κ3) is 3.47. The third-order valence-corrected chi connectivity index (χ3v) is 6.41. The van der Waals surface area contributed by atoms with Crippen molar-refractivity contribution < 1.29 is 4.79 Å². The average Bonchev–Trinajstić information content (AvgIpc) is 3.04. The van der Waals surface area contributed by atoms with Crippen LogP contribution in [0.2, 0.25) is 0 Å². The summed E-state index contributed by atoms with van der Waals surface area (Å²) in [5.41, 5.74) is 1.08. The summed E-state index contributed by atoms with van der Waals surface area (Å²) in [6.45, 7) is 4.15. The Bertz CT molecular complexity index is 680. The SMILES string of the molecule is O=C(CCCc1nc2ccccc2s1)N1CCN2CCCC[C@H]2C1. The molecule has 1 aromatic carbocycles. The van der Waals surface area contributed by atoms with Crippen molar-refractivity contribution in [2.45, 2.75) is 44.6 Å². The van der Waals surface area contributed by atoms with Crippen LogP contribution in [0.15, 0.2) is 24.3 Å². The van der Waals surface area contributed by atoms with Crippen LogP contribution in [0, 0.1) is 0 Å². The number of aryl methyl sites for hydroxylation is 1. The lowest BCUT2D eigenvalue weighted by Crippen LogP contribution is -2.56. The van der Waals surface area contributed by atoms with Crippen LogP contribution in [-0.2, 0) is 11.2 Å². The maximum Gasteiger partial charge on any atom is 0.222 e. The molecule has 0 unspecified atom stereocenters. The molecule has 4 nitrogen and oxygen atoms in total. The summed E-state index contributed by atoms with van der Waals surface area (Å²) >= 11 is 1.76. The minimum Gasteiger partial charge on any atom is -0.340 e. The van der Waals surface area contributed by atoms with Crippen LogP contribution >= 0.6 is 11.3 Å². The van der Waals surface area contributed by atoms with E-state index in [9.17, 15) is 4.79 Å². The molecule has 2 aliphatic rings. The Morgan fingerprint density at radius 1 is 1.21 bits per heavy atom. The lowest BCUT2D eigenvalue weighted by atomic mass is 9.99. The predicted molar refractivity (Wildman–Crippen MR) is 98.4 cm³/mol. The van der Waals surface area contributed by atoms with E-state index in [1.165, 1.54) is 30.5 Å². The lowest BCUT2D eigenvalue weighted by Gasteiger charge is -2.44. The number of hydrogen-bond donors (Lipinski definition) is 0. The molecule has 2 fully saturated rings. The zero-order valence-electron chi connectivity index (χ0n) is 14.1. The summed E-state index contributed by atoms with van der Waals surface area (Å²) in [6, 6.07) is 8.87. The highest BCUT2D eigenvalue weighted by atomic mass is 32.1. The Labute approximate surface area is 147 Å². The highest BCUT2D eigenvalue weighted by Gasteiger charge is 2.30. The van der Waals surface area contributed by atoms with E-state index in [2.05, 4.69) is 33.0 Å². The van der Waals surface area contributed by atoms with E-state index in [0.29, 0.717) is 18.4 Å². The zero-order valence-corrected chi connectivity index (χ0v) is 14.9. The number of piperidine rings is 1. The number of thiazole rings is 1. The number of benzene rings is 1. The van der Waals surface area contributed by atoms with Gasteiger partial charge in [-0.25, -0.2) is 4.98 Å². The number of nitrogens with zero attached hydrogens (tertiary/aromatic N) is 3. The quantitative estimate of drug-likeness (QED) is 0.854. The van der Waals surface area contributed by atoms with Gasteiger partial charge in [0.2, 0.25) is 5.91 Å². The first-order chi connectivity index (χ1) is 11.8. The molecule has 0 bridgehead atoms. The van der Waals surface area contributed by atoms with Gasteiger partial charge in [0.1, 0.15) is 0 Å². The van der Waals surface area contributed by atoms with Gasteiger partial charge in [-0.1, -0.05) is 18.6 Å². The Balaban J connectivity index is 1.27. The van der Waals surface area contributed by atoms with E-state index in [1.54, 1.807) is 11.3 Å². The van der Waals surface area contributed by atoms with Crippen molar-refractivity contribution in [1.82, 2.24) is 14.8 Å². The van der Waals surface area contributed by atoms with Gasteiger partial charge in [-0.2, -0.15) is 0 Å². The molecule has 0 spiro atoms. The van der Waals surface area contributed by atoms with Gasteiger partial charge in [0.25, 0.3) is 0 Å². The molecule has 1 atom stereocenters. The van der Waals surface area contributed by atoms with Gasteiger partial charge in [0, 0.05) is 32.1 Å². The van der Waals surface area contributed by atoms with Gasteiger partial charge >= 0.3 is 0 Å². The summed E-state index contributed by atoms with van der Waals surface area (Å²) in [7, 11) is 0. The van der Waals surface area contributed by atoms with Crippen molar-refractivity contribution in [3.63, 3.8) is 0 Å². The van der Waals surface area contributed by atoms with E-state index >= 15 is 0 Å². The molecule has 128 valence electrons. The highest BCUT2D eigenvalue weighted by Crippen LogP contribution is 2.24. The number of fused-ring (bicyclic) bond motifs is 2. The van der Waals surface area contributed by atoms with Crippen molar-refractivity contribution in [2.24, 2.45) is 0 Å². The van der Waals surface area contributed by atoms with Gasteiger partial charge in [-0.05, 0) is 44.4 Å². The largest absolute Gasteiger partial charge is 0.340 e. The Morgan fingerprint density at radius 3 is 3.04 bits per heavy atom. The molecule has 4 rings (SSSR count). The Morgan fingerprint density at radius 2 is 2.12 bits per heavy atom. The molecule has 1 amide bonds. The number of piperazine rings is 1. The average molecular weight is 343 g/mol. The molecule has 1 aromatic heterocycles. The molecule has 0 aliphatic carbocycles. The van der Waals surface area contributed by atoms with Crippen LogP contribution in [0.1, 0.15) is 37.1 Å². The van der Waals surface area contributed by atoms with E-state index in [0.717, 1.165) is 43.0 Å². The lowest BCUT2D eigenvalue weighted by molar-refractivity contribution is -0.134. The third-order valence-electron chi connectivity index (χ3n) is 5.31. The highest BCUT2D eigenvalue weighted by molar-refractivity contribution is 7.18. The van der Waals surface area contributed by atoms with Crippen LogP contribution in [0.3, 0.4) is 0 Å². The predicted octanol–water partition coefficient (Wildman–Crippen LogP) is 3.32. The van der Waals surface area contributed by atoms with Crippen LogP contribution in [0.4, 0.5) is 0 Å². The second-order valence-electron chi connectivity index (χ2n) is 6.95.